The zero-order valence-electron chi connectivity index (χ0n) is 8.26. The minimum Gasteiger partial charge on any atom is -0.750 e. The number of alkyl halides is 4. The molecule has 0 N–H and O–H groups in total. The fourth-order valence-corrected chi connectivity index (χ4v) is 2.42. The van der Waals surface area contributed by atoms with E-state index in [2.05, 4.69) is 4.18 Å². The number of halogens is 4. The Labute approximate surface area is 92.7 Å². The van der Waals surface area contributed by atoms with Gasteiger partial charge in [0.05, 0.1) is 23.4 Å². The highest BCUT2D eigenvalue weighted by molar-refractivity contribution is 7.74. The SMILES string of the molecule is O=S([O-])OC1(CC(F)(F)F)CCC(F)CC1. The lowest BCUT2D eigenvalue weighted by Crippen LogP contribution is -2.42. The van der Waals surface area contributed by atoms with Gasteiger partial charge in [-0.3, -0.25) is 4.18 Å². The molecule has 1 saturated carbocycles. The van der Waals surface area contributed by atoms with E-state index in [-0.39, 0.29) is 25.7 Å². The first-order valence-corrected chi connectivity index (χ1v) is 5.72. The van der Waals surface area contributed by atoms with Crippen LogP contribution in [0.15, 0.2) is 0 Å². The summed E-state index contributed by atoms with van der Waals surface area (Å²) in [5, 5.41) is 0. The van der Waals surface area contributed by atoms with E-state index in [4.69, 9.17) is 0 Å². The fourth-order valence-electron chi connectivity index (χ4n) is 1.91. The van der Waals surface area contributed by atoms with Crippen molar-refractivity contribution in [1.82, 2.24) is 0 Å². The predicted molar refractivity (Wildman–Crippen MR) is 46.8 cm³/mol. The van der Waals surface area contributed by atoms with Gasteiger partial charge in [-0.25, -0.2) is 8.60 Å². The third kappa shape index (κ3) is 4.34. The molecular weight excluding hydrogens is 252 g/mol. The van der Waals surface area contributed by atoms with Crippen molar-refractivity contribution in [2.75, 3.05) is 0 Å². The highest BCUT2D eigenvalue weighted by Crippen LogP contribution is 2.41. The monoisotopic (exact) mass is 263 g/mol. The highest BCUT2D eigenvalue weighted by Gasteiger charge is 2.46. The van der Waals surface area contributed by atoms with Crippen LogP contribution in [0.2, 0.25) is 0 Å². The summed E-state index contributed by atoms with van der Waals surface area (Å²) < 4.78 is 74.6. The second kappa shape index (κ2) is 4.97. The van der Waals surface area contributed by atoms with Crippen LogP contribution in [-0.2, 0) is 15.5 Å². The van der Waals surface area contributed by atoms with Gasteiger partial charge in [-0.05, 0) is 25.7 Å². The topological polar surface area (TPSA) is 49.4 Å². The fraction of sp³-hybridized carbons (Fsp3) is 1.00. The van der Waals surface area contributed by atoms with Crippen molar-refractivity contribution < 1.29 is 30.5 Å². The van der Waals surface area contributed by atoms with Gasteiger partial charge in [-0.1, -0.05) is 0 Å². The van der Waals surface area contributed by atoms with E-state index in [0.717, 1.165) is 0 Å². The van der Waals surface area contributed by atoms with Gasteiger partial charge in [0.25, 0.3) is 0 Å². The first kappa shape index (κ1) is 13.9. The molecule has 1 aliphatic carbocycles. The van der Waals surface area contributed by atoms with Gasteiger partial charge in [-0.2, -0.15) is 13.2 Å². The molecule has 0 saturated heterocycles. The number of rotatable bonds is 3. The maximum atomic E-state index is 12.8. The first-order valence-electron chi connectivity index (χ1n) is 4.72. The molecule has 0 aliphatic heterocycles. The molecule has 1 aliphatic rings. The van der Waals surface area contributed by atoms with Crippen LogP contribution >= 0.6 is 0 Å². The molecule has 0 bridgehead atoms. The van der Waals surface area contributed by atoms with Crippen LogP contribution in [0.3, 0.4) is 0 Å². The number of hydrogen-bond donors (Lipinski definition) is 0. The smallest absolute Gasteiger partial charge is 0.391 e. The van der Waals surface area contributed by atoms with Gasteiger partial charge in [0.2, 0.25) is 0 Å². The quantitative estimate of drug-likeness (QED) is 0.580. The number of hydrogen-bond acceptors (Lipinski definition) is 3. The molecule has 0 aromatic carbocycles. The van der Waals surface area contributed by atoms with Crippen LogP contribution in [0.25, 0.3) is 0 Å². The van der Waals surface area contributed by atoms with E-state index in [1.807, 2.05) is 0 Å². The summed E-state index contributed by atoms with van der Waals surface area (Å²) in [5.41, 5.74) is -1.81. The van der Waals surface area contributed by atoms with Crippen molar-refractivity contribution in [2.45, 2.75) is 50.1 Å². The van der Waals surface area contributed by atoms with E-state index < -0.39 is 35.7 Å². The second-order valence-corrected chi connectivity index (χ2v) is 4.51. The summed E-state index contributed by atoms with van der Waals surface area (Å²) >= 11 is -3.02. The van der Waals surface area contributed by atoms with E-state index in [1.54, 1.807) is 0 Å². The van der Waals surface area contributed by atoms with Crippen molar-refractivity contribution in [3.05, 3.63) is 0 Å². The van der Waals surface area contributed by atoms with Crippen LogP contribution in [0, 0.1) is 0 Å². The van der Waals surface area contributed by atoms with Crippen molar-refractivity contribution in [1.29, 1.82) is 0 Å². The molecule has 0 spiro atoms. The van der Waals surface area contributed by atoms with Crippen LogP contribution in [0.1, 0.15) is 32.1 Å². The molecule has 0 aromatic heterocycles. The summed E-state index contributed by atoms with van der Waals surface area (Å²) in [7, 11) is 0. The maximum absolute atomic E-state index is 12.8. The van der Waals surface area contributed by atoms with Crippen molar-refractivity contribution in [3.8, 4) is 0 Å². The molecule has 96 valence electrons. The highest BCUT2D eigenvalue weighted by atomic mass is 32.2. The molecule has 1 atom stereocenters. The average Bonchev–Trinajstić information content (AvgIpc) is 2.06. The molecule has 1 rings (SSSR count). The van der Waals surface area contributed by atoms with E-state index in [0.29, 0.717) is 0 Å². The average molecular weight is 263 g/mol. The molecule has 0 heterocycles. The van der Waals surface area contributed by atoms with E-state index >= 15 is 0 Å². The molecule has 1 unspecified atom stereocenters. The van der Waals surface area contributed by atoms with Gasteiger partial charge in [0.1, 0.15) is 6.17 Å². The third-order valence-corrected chi connectivity index (χ3v) is 3.08. The Kier molecular flexibility index (Phi) is 4.30. The molecule has 16 heavy (non-hydrogen) atoms. The third-order valence-electron chi connectivity index (χ3n) is 2.59. The Hall–Kier alpha value is -0.210. The van der Waals surface area contributed by atoms with Gasteiger partial charge < -0.3 is 4.55 Å². The summed E-state index contributed by atoms with van der Waals surface area (Å²) in [5.74, 6) is 0. The Morgan fingerprint density at radius 2 is 1.88 bits per heavy atom. The van der Waals surface area contributed by atoms with E-state index in [1.165, 1.54) is 0 Å². The summed E-state index contributed by atoms with van der Waals surface area (Å²) in [6.45, 7) is 0. The summed E-state index contributed by atoms with van der Waals surface area (Å²) in [6.07, 6.45) is -7.74. The van der Waals surface area contributed by atoms with Crippen LogP contribution < -0.4 is 0 Å². The molecule has 0 amide bonds. The lowest BCUT2D eigenvalue weighted by atomic mass is 9.81. The maximum Gasteiger partial charge on any atom is 0.391 e. The minimum atomic E-state index is -4.53. The summed E-state index contributed by atoms with van der Waals surface area (Å²) in [6, 6.07) is 0. The van der Waals surface area contributed by atoms with Crippen molar-refractivity contribution >= 4 is 11.4 Å². The van der Waals surface area contributed by atoms with Crippen LogP contribution in [-0.4, -0.2) is 26.7 Å². The Bertz CT molecular complexity index is 260. The largest absolute Gasteiger partial charge is 0.750 e. The predicted octanol–water partition coefficient (Wildman–Crippen LogP) is 2.40. The van der Waals surface area contributed by atoms with E-state index in [9.17, 15) is 26.3 Å². The van der Waals surface area contributed by atoms with Gasteiger partial charge in [-0.15, -0.1) is 0 Å². The molecule has 1 fully saturated rings. The van der Waals surface area contributed by atoms with Gasteiger partial charge in [0.15, 0.2) is 0 Å². The molecule has 3 nitrogen and oxygen atoms in total. The zero-order chi connectivity index (χ0) is 12.4. The van der Waals surface area contributed by atoms with Gasteiger partial charge in [0, 0.05) is 0 Å². The van der Waals surface area contributed by atoms with Crippen molar-refractivity contribution in [2.24, 2.45) is 0 Å². The minimum absolute atomic E-state index is 0.104. The van der Waals surface area contributed by atoms with Crippen LogP contribution in [0.5, 0.6) is 0 Å². The Morgan fingerprint density at radius 1 is 1.38 bits per heavy atom. The van der Waals surface area contributed by atoms with Crippen LogP contribution in [0.4, 0.5) is 17.6 Å². The Balaban J connectivity index is 2.73. The normalized spacial score (nSPS) is 33.7. The molecule has 8 heteroatoms. The second-order valence-electron chi connectivity index (χ2n) is 3.94. The Morgan fingerprint density at radius 3 is 2.25 bits per heavy atom. The first-order chi connectivity index (χ1) is 7.22. The zero-order valence-corrected chi connectivity index (χ0v) is 9.07. The molecule has 0 radical (unpaired) electrons. The summed E-state index contributed by atoms with van der Waals surface area (Å²) in [4.78, 5) is 0. The van der Waals surface area contributed by atoms with Gasteiger partial charge >= 0.3 is 6.18 Å². The molecular formula is C8H11F4O3S-. The lowest BCUT2D eigenvalue weighted by Gasteiger charge is -2.38. The van der Waals surface area contributed by atoms with Crippen molar-refractivity contribution in [3.63, 3.8) is 0 Å². The molecule has 0 aromatic rings. The lowest BCUT2D eigenvalue weighted by molar-refractivity contribution is -0.177. The standard InChI is InChI=1S/C8H12F4O3S/c9-6-1-3-7(4-2-6,15-16(13)14)5-8(10,11)12/h6H,1-5H2,(H,13,14)/p-1.